The van der Waals surface area contributed by atoms with Gasteiger partial charge in [-0.25, -0.2) is 5.32 Å². The van der Waals surface area contributed by atoms with Crippen LogP contribution in [0.2, 0.25) is 0 Å². The zero-order valence-electron chi connectivity index (χ0n) is 16.5. The van der Waals surface area contributed by atoms with Gasteiger partial charge >= 0.3 is 0 Å². The van der Waals surface area contributed by atoms with Gasteiger partial charge in [0.1, 0.15) is 0 Å². The second kappa shape index (κ2) is 9.99. The molecule has 3 aliphatic heterocycles. The molecule has 0 aromatic heterocycles. The van der Waals surface area contributed by atoms with Crippen molar-refractivity contribution in [3.05, 3.63) is 47.5 Å². The molecule has 4 rings (SSSR count). The lowest BCUT2D eigenvalue weighted by atomic mass is 9.92. The topological polar surface area (TPSA) is 20.6 Å². The molecule has 0 spiro atoms. The van der Waals surface area contributed by atoms with E-state index in [-0.39, 0.29) is 0 Å². The number of piperidine rings is 2. The highest BCUT2D eigenvalue weighted by molar-refractivity contribution is 8.02. The lowest BCUT2D eigenvalue weighted by Gasteiger charge is -2.38. The third-order valence-electron chi connectivity index (χ3n) is 6.52. The van der Waals surface area contributed by atoms with Crippen LogP contribution in [0.4, 0.5) is 0 Å². The Morgan fingerprint density at radius 2 is 1.78 bits per heavy atom. The van der Waals surface area contributed by atoms with E-state index in [1.807, 2.05) is 11.8 Å². The molecular weight excluding hydrogens is 350 g/mol. The van der Waals surface area contributed by atoms with Crippen molar-refractivity contribution in [2.75, 3.05) is 32.7 Å². The summed E-state index contributed by atoms with van der Waals surface area (Å²) in [7, 11) is 0. The Balaban J connectivity index is 1.18. The van der Waals surface area contributed by atoms with E-state index in [9.17, 15) is 0 Å². The minimum atomic E-state index is 0.637. The fourth-order valence-corrected chi connectivity index (χ4v) is 6.02. The quantitative estimate of drug-likeness (QED) is 0.688. The van der Waals surface area contributed by atoms with Gasteiger partial charge in [-0.05, 0) is 81.0 Å². The van der Waals surface area contributed by atoms with Gasteiger partial charge in [-0.1, -0.05) is 30.3 Å². The van der Waals surface area contributed by atoms with Crippen molar-refractivity contribution in [1.29, 1.82) is 0 Å². The van der Waals surface area contributed by atoms with Crippen molar-refractivity contribution < 1.29 is 0 Å². The molecule has 0 aliphatic carbocycles. The van der Waals surface area contributed by atoms with E-state index in [1.54, 1.807) is 0 Å². The summed E-state index contributed by atoms with van der Waals surface area (Å²) in [5.41, 5.74) is 1.42. The molecule has 1 aromatic carbocycles. The molecule has 1 unspecified atom stereocenters. The lowest BCUT2D eigenvalue weighted by Crippen LogP contribution is -2.41. The predicted molar refractivity (Wildman–Crippen MR) is 115 cm³/mol. The normalized spacial score (nSPS) is 25.3. The number of hydrogen-bond acceptors (Lipinski definition) is 3. The van der Waals surface area contributed by atoms with Gasteiger partial charge in [0.15, 0.2) is 0 Å². The fraction of sp³-hybridized carbons (Fsp3) is 0.652. The van der Waals surface area contributed by atoms with Crippen molar-refractivity contribution in [3.8, 4) is 0 Å². The predicted octanol–water partition coefficient (Wildman–Crippen LogP) is 4.54. The summed E-state index contributed by atoms with van der Waals surface area (Å²) >= 11 is 2.03. The molecule has 1 aromatic rings. The van der Waals surface area contributed by atoms with Gasteiger partial charge in [-0.3, -0.25) is 0 Å². The second-order valence-corrected chi connectivity index (χ2v) is 9.43. The maximum atomic E-state index is 4.48. The van der Waals surface area contributed by atoms with Gasteiger partial charge in [0.25, 0.3) is 0 Å². The number of thioether (sulfide) groups is 1. The highest BCUT2D eigenvalue weighted by Crippen LogP contribution is 2.37. The van der Waals surface area contributed by atoms with Crippen LogP contribution in [0.5, 0.6) is 0 Å². The molecule has 0 bridgehead atoms. The van der Waals surface area contributed by atoms with Crippen LogP contribution >= 0.6 is 11.8 Å². The summed E-state index contributed by atoms with van der Waals surface area (Å²) in [6.45, 7) is 7.17. The molecular formula is C23H34N3S. The van der Waals surface area contributed by atoms with Gasteiger partial charge in [-0.2, -0.15) is 0 Å². The van der Waals surface area contributed by atoms with Crippen LogP contribution in [-0.2, 0) is 6.54 Å². The van der Waals surface area contributed by atoms with E-state index >= 15 is 0 Å². The van der Waals surface area contributed by atoms with Gasteiger partial charge in [0.2, 0.25) is 0 Å². The minimum Gasteiger partial charge on any atom is -0.360 e. The fourth-order valence-electron chi connectivity index (χ4n) is 4.83. The Hall–Kier alpha value is -0.970. The monoisotopic (exact) mass is 384 g/mol. The third-order valence-corrected chi connectivity index (χ3v) is 7.73. The molecule has 1 atom stereocenters. The first-order valence-corrected chi connectivity index (χ1v) is 11.8. The van der Waals surface area contributed by atoms with Crippen molar-refractivity contribution >= 4 is 11.8 Å². The maximum absolute atomic E-state index is 4.48. The lowest BCUT2D eigenvalue weighted by molar-refractivity contribution is 0.145. The van der Waals surface area contributed by atoms with Gasteiger partial charge in [0, 0.05) is 25.8 Å². The van der Waals surface area contributed by atoms with Crippen LogP contribution in [-0.4, -0.2) is 47.9 Å². The smallest absolute Gasteiger partial charge is 0.0818 e. The Bertz CT molecular complexity index is 577. The molecule has 3 heterocycles. The number of nitrogens with zero attached hydrogens (tertiary/aromatic N) is 3. The molecule has 0 N–H and O–H groups in total. The Labute approximate surface area is 169 Å². The molecule has 0 saturated carbocycles. The first-order valence-electron chi connectivity index (χ1n) is 10.9. The van der Waals surface area contributed by atoms with Crippen LogP contribution in [0.15, 0.2) is 41.9 Å². The highest BCUT2D eigenvalue weighted by Gasteiger charge is 2.31. The molecule has 3 aliphatic rings. The minimum absolute atomic E-state index is 0.637. The largest absolute Gasteiger partial charge is 0.360 e. The average Bonchev–Trinajstić information content (AvgIpc) is 3.18. The van der Waals surface area contributed by atoms with Crippen LogP contribution in [0.3, 0.4) is 0 Å². The average molecular weight is 385 g/mol. The Kier molecular flexibility index (Phi) is 7.16. The zero-order valence-corrected chi connectivity index (χ0v) is 17.3. The summed E-state index contributed by atoms with van der Waals surface area (Å²) in [5.74, 6) is 1.78. The third kappa shape index (κ3) is 5.52. The number of likely N-dealkylation sites (tertiary alicyclic amines) is 1. The number of rotatable bonds is 7. The Morgan fingerprint density at radius 3 is 2.56 bits per heavy atom. The standard InChI is InChI=1S/C23H34N3S/c1-2-5-21(6-3-1)19-26-17-18-27-23(26)22-10-15-25(16-11-22)14-4-7-20-8-12-24-13-9-20/h1-3,5-6,17-18,20,22-23H,4,7-16,19H2. The molecule has 2 saturated heterocycles. The molecule has 147 valence electrons. The van der Waals surface area contributed by atoms with E-state index in [1.165, 1.54) is 63.7 Å². The van der Waals surface area contributed by atoms with Crippen LogP contribution in [0, 0.1) is 11.8 Å². The maximum Gasteiger partial charge on any atom is 0.0818 e. The van der Waals surface area contributed by atoms with Crippen molar-refractivity contribution in [2.24, 2.45) is 11.8 Å². The van der Waals surface area contributed by atoms with Crippen LogP contribution in [0.25, 0.3) is 0 Å². The summed E-state index contributed by atoms with van der Waals surface area (Å²) < 4.78 is 0. The van der Waals surface area contributed by atoms with E-state index in [0.717, 1.165) is 31.5 Å². The second-order valence-electron chi connectivity index (χ2n) is 8.41. The van der Waals surface area contributed by atoms with E-state index in [4.69, 9.17) is 0 Å². The van der Waals surface area contributed by atoms with Crippen LogP contribution < -0.4 is 5.32 Å². The summed E-state index contributed by atoms with van der Waals surface area (Å²) in [4.78, 5) is 5.28. The number of benzene rings is 1. The molecule has 3 nitrogen and oxygen atoms in total. The van der Waals surface area contributed by atoms with E-state index in [2.05, 4.69) is 57.1 Å². The van der Waals surface area contributed by atoms with Crippen molar-refractivity contribution in [1.82, 2.24) is 15.1 Å². The molecule has 27 heavy (non-hydrogen) atoms. The molecule has 4 heteroatoms. The summed E-state index contributed by atoms with van der Waals surface area (Å²) in [6.07, 6.45) is 10.5. The first kappa shape index (κ1) is 19.4. The molecule has 2 fully saturated rings. The SMILES string of the molecule is C1=CN(Cc2ccccc2)C(C2CCN(CCCC3CC[N]CC3)CC2)S1. The van der Waals surface area contributed by atoms with Gasteiger partial charge < -0.3 is 9.80 Å². The number of hydrogen-bond donors (Lipinski definition) is 0. The molecule has 0 amide bonds. The van der Waals surface area contributed by atoms with Crippen molar-refractivity contribution in [3.63, 3.8) is 0 Å². The summed E-state index contributed by atoms with van der Waals surface area (Å²) in [6, 6.07) is 10.9. The zero-order chi connectivity index (χ0) is 18.3. The van der Waals surface area contributed by atoms with Crippen LogP contribution in [0.1, 0.15) is 44.1 Å². The van der Waals surface area contributed by atoms with E-state index < -0.39 is 0 Å². The first-order chi connectivity index (χ1) is 13.4. The Morgan fingerprint density at radius 1 is 1.00 bits per heavy atom. The van der Waals surface area contributed by atoms with Gasteiger partial charge in [0.05, 0.1) is 5.37 Å². The van der Waals surface area contributed by atoms with Gasteiger partial charge in [-0.15, -0.1) is 11.8 Å². The van der Waals surface area contributed by atoms with E-state index in [0.29, 0.717) is 5.37 Å². The summed E-state index contributed by atoms with van der Waals surface area (Å²) in [5, 5.41) is 7.42. The highest BCUT2D eigenvalue weighted by atomic mass is 32.2. The van der Waals surface area contributed by atoms with Crippen molar-refractivity contribution in [2.45, 2.75) is 50.4 Å². The molecule has 1 radical (unpaired) electrons.